The van der Waals surface area contributed by atoms with Gasteiger partial charge in [0, 0.05) is 12.8 Å². The van der Waals surface area contributed by atoms with Gasteiger partial charge in [-0.15, -0.1) is 0 Å². The molecule has 1 saturated heterocycles. The molecule has 0 amide bonds. The number of carbonyl (C=O) groups excluding carboxylic acids is 2. The van der Waals surface area contributed by atoms with Crippen LogP contribution in [0.3, 0.4) is 0 Å². The van der Waals surface area contributed by atoms with Crippen molar-refractivity contribution >= 4 is 11.9 Å². The highest BCUT2D eigenvalue weighted by atomic mass is 16.7. The largest absolute Gasteiger partial charge is 0.462 e. The molecular weight excluding hydrogens is 785 g/mol. The lowest BCUT2D eigenvalue weighted by Crippen LogP contribution is -2.59. The summed E-state index contributed by atoms with van der Waals surface area (Å²) in [4.78, 5) is 25.5. The number of hydrogen-bond donors (Lipinski definition) is 4. The highest BCUT2D eigenvalue weighted by Gasteiger charge is 2.44. The van der Waals surface area contributed by atoms with Gasteiger partial charge in [0.1, 0.15) is 31.0 Å². The van der Waals surface area contributed by atoms with Crippen molar-refractivity contribution in [2.24, 2.45) is 0 Å². The average molecular weight is 885 g/mol. The van der Waals surface area contributed by atoms with Crippen LogP contribution in [0.1, 0.15) is 264 Å². The lowest BCUT2D eigenvalue weighted by molar-refractivity contribution is -0.305. The second kappa shape index (κ2) is 43.6. The smallest absolute Gasteiger partial charge is 0.306 e. The maximum absolute atomic E-state index is 12.8. The minimum absolute atomic E-state index is 0.208. The highest BCUT2D eigenvalue weighted by molar-refractivity contribution is 5.70. The van der Waals surface area contributed by atoms with Crippen molar-refractivity contribution in [3.05, 3.63) is 0 Å². The number of rotatable bonds is 46. The summed E-state index contributed by atoms with van der Waals surface area (Å²) in [6.07, 6.45) is 39.7. The molecule has 10 heteroatoms. The van der Waals surface area contributed by atoms with E-state index < -0.39 is 49.4 Å². The molecule has 0 aromatic carbocycles. The summed E-state index contributed by atoms with van der Waals surface area (Å²) in [7, 11) is 0. The Kier molecular flexibility index (Phi) is 41.3. The number of esters is 2. The van der Waals surface area contributed by atoms with Crippen molar-refractivity contribution in [3.8, 4) is 0 Å². The Morgan fingerprint density at radius 1 is 0.435 bits per heavy atom. The quantitative estimate of drug-likeness (QED) is 0.0343. The lowest BCUT2D eigenvalue weighted by Gasteiger charge is -2.39. The Bertz CT molecular complexity index is 979. The number of unbranched alkanes of at least 4 members (excludes halogenated alkanes) is 35. The summed E-state index contributed by atoms with van der Waals surface area (Å²) in [5, 5.41) is 40.2. The summed E-state index contributed by atoms with van der Waals surface area (Å²) in [5.41, 5.74) is 0. The van der Waals surface area contributed by atoms with Gasteiger partial charge in [0.15, 0.2) is 12.4 Å². The molecule has 6 unspecified atom stereocenters. The number of hydrogen-bond acceptors (Lipinski definition) is 10. The van der Waals surface area contributed by atoms with E-state index in [0.717, 1.165) is 32.1 Å². The fourth-order valence-corrected chi connectivity index (χ4v) is 8.55. The van der Waals surface area contributed by atoms with Crippen molar-refractivity contribution in [2.45, 2.75) is 301 Å². The van der Waals surface area contributed by atoms with Crippen molar-refractivity contribution in [3.63, 3.8) is 0 Å². The summed E-state index contributed by atoms with van der Waals surface area (Å²) in [5.74, 6) is -0.784. The Morgan fingerprint density at radius 2 is 0.758 bits per heavy atom. The van der Waals surface area contributed by atoms with Crippen LogP contribution < -0.4 is 0 Å². The SMILES string of the molecule is CCCCCCCCCCCCCCCCCCCCCCC(=O)OC(COC(=O)CCCCCCCCCCCCCCCCCCC)COC1OC(CO)C(O)C(O)C1O. The van der Waals surface area contributed by atoms with E-state index in [1.807, 2.05) is 0 Å². The van der Waals surface area contributed by atoms with E-state index in [1.165, 1.54) is 199 Å². The summed E-state index contributed by atoms with van der Waals surface area (Å²) < 4.78 is 22.3. The number of carbonyl (C=O) groups is 2. The first kappa shape index (κ1) is 58.7. The monoisotopic (exact) mass is 885 g/mol. The molecule has 6 atom stereocenters. The molecule has 1 heterocycles. The molecule has 10 nitrogen and oxygen atoms in total. The molecule has 1 rings (SSSR count). The predicted molar refractivity (Wildman–Crippen MR) is 252 cm³/mol. The zero-order chi connectivity index (χ0) is 45.1. The standard InChI is InChI=1S/C52H100O10/c1-3-5-7-9-11-13-15-17-19-21-22-23-25-27-29-31-33-35-37-39-41-48(55)61-45(44-60-52-51(58)50(57)49(56)46(42-53)62-52)43-59-47(54)40-38-36-34-32-30-28-26-24-20-18-16-14-12-10-8-6-4-2/h45-46,49-53,56-58H,3-44H2,1-2H3. The maximum atomic E-state index is 12.8. The first-order chi connectivity index (χ1) is 30.3. The number of aliphatic hydroxyl groups excluding tert-OH is 4. The van der Waals surface area contributed by atoms with E-state index >= 15 is 0 Å². The molecule has 0 aromatic rings. The second-order valence-electron chi connectivity index (χ2n) is 18.7. The number of aliphatic hydroxyl groups is 4. The van der Waals surface area contributed by atoms with Gasteiger partial charge in [0.25, 0.3) is 0 Å². The van der Waals surface area contributed by atoms with Gasteiger partial charge in [-0.25, -0.2) is 0 Å². The molecular formula is C52H100O10. The van der Waals surface area contributed by atoms with Gasteiger partial charge < -0.3 is 39.4 Å². The number of ether oxygens (including phenoxy) is 4. The molecule has 0 spiro atoms. The first-order valence-corrected chi connectivity index (χ1v) is 26.6. The van der Waals surface area contributed by atoms with Crippen LogP contribution in [0.2, 0.25) is 0 Å². The molecule has 0 saturated carbocycles. The van der Waals surface area contributed by atoms with Crippen LogP contribution in [0.5, 0.6) is 0 Å². The van der Waals surface area contributed by atoms with Gasteiger partial charge in [0.2, 0.25) is 0 Å². The van der Waals surface area contributed by atoms with E-state index in [2.05, 4.69) is 13.8 Å². The Balaban J connectivity index is 2.22. The Labute approximate surface area is 380 Å². The summed E-state index contributed by atoms with van der Waals surface area (Å²) >= 11 is 0. The van der Waals surface area contributed by atoms with E-state index in [9.17, 15) is 30.0 Å². The van der Waals surface area contributed by atoms with Crippen LogP contribution in [-0.4, -0.2) is 89.0 Å². The first-order valence-electron chi connectivity index (χ1n) is 26.6. The fraction of sp³-hybridized carbons (Fsp3) is 0.962. The fourth-order valence-electron chi connectivity index (χ4n) is 8.55. The predicted octanol–water partition coefficient (Wildman–Crippen LogP) is 12.5. The van der Waals surface area contributed by atoms with Crippen LogP contribution >= 0.6 is 0 Å². The van der Waals surface area contributed by atoms with Gasteiger partial charge >= 0.3 is 11.9 Å². The third kappa shape index (κ3) is 34.1. The lowest BCUT2D eigenvalue weighted by atomic mass is 9.99. The molecule has 0 aromatic heterocycles. The summed E-state index contributed by atoms with van der Waals surface area (Å²) in [6, 6.07) is 0. The van der Waals surface area contributed by atoms with E-state index in [4.69, 9.17) is 18.9 Å². The van der Waals surface area contributed by atoms with Gasteiger partial charge in [0.05, 0.1) is 13.2 Å². The molecule has 0 aliphatic carbocycles. The van der Waals surface area contributed by atoms with Crippen LogP contribution in [0.25, 0.3) is 0 Å². The minimum atomic E-state index is -1.59. The average Bonchev–Trinajstić information content (AvgIpc) is 3.27. The molecule has 62 heavy (non-hydrogen) atoms. The van der Waals surface area contributed by atoms with Gasteiger partial charge in [-0.1, -0.05) is 239 Å². The molecule has 1 aliphatic rings. The molecule has 1 fully saturated rings. The molecule has 4 N–H and O–H groups in total. The Morgan fingerprint density at radius 3 is 1.10 bits per heavy atom. The molecule has 0 radical (unpaired) electrons. The molecule has 1 aliphatic heterocycles. The second-order valence-corrected chi connectivity index (χ2v) is 18.7. The summed E-state index contributed by atoms with van der Waals surface area (Å²) in [6.45, 7) is 3.49. The van der Waals surface area contributed by atoms with Crippen molar-refractivity contribution in [1.29, 1.82) is 0 Å². The van der Waals surface area contributed by atoms with Crippen LogP contribution in [0.4, 0.5) is 0 Å². The third-order valence-electron chi connectivity index (χ3n) is 12.7. The topological polar surface area (TPSA) is 152 Å². The molecule has 368 valence electrons. The van der Waals surface area contributed by atoms with Crippen LogP contribution in [0, 0.1) is 0 Å². The minimum Gasteiger partial charge on any atom is -0.462 e. The van der Waals surface area contributed by atoms with Crippen LogP contribution in [0.15, 0.2) is 0 Å². The highest BCUT2D eigenvalue weighted by Crippen LogP contribution is 2.23. The van der Waals surface area contributed by atoms with E-state index in [1.54, 1.807) is 0 Å². The molecule has 0 bridgehead atoms. The van der Waals surface area contributed by atoms with Crippen molar-refractivity contribution in [2.75, 3.05) is 19.8 Å². The van der Waals surface area contributed by atoms with Gasteiger partial charge in [-0.3, -0.25) is 9.59 Å². The zero-order valence-corrected chi connectivity index (χ0v) is 40.4. The van der Waals surface area contributed by atoms with Gasteiger partial charge in [-0.2, -0.15) is 0 Å². The van der Waals surface area contributed by atoms with Crippen LogP contribution in [-0.2, 0) is 28.5 Å². The Hall–Kier alpha value is -1.30. The van der Waals surface area contributed by atoms with E-state index in [0.29, 0.717) is 6.42 Å². The van der Waals surface area contributed by atoms with Gasteiger partial charge in [-0.05, 0) is 12.8 Å². The maximum Gasteiger partial charge on any atom is 0.306 e. The third-order valence-corrected chi connectivity index (χ3v) is 12.7. The normalized spacial score (nSPS) is 19.5. The van der Waals surface area contributed by atoms with Crippen molar-refractivity contribution in [1.82, 2.24) is 0 Å². The zero-order valence-electron chi connectivity index (χ0n) is 40.4. The van der Waals surface area contributed by atoms with E-state index in [-0.39, 0.29) is 32.0 Å². The van der Waals surface area contributed by atoms with Crippen molar-refractivity contribution < 1.29 is 49.0 Å².